The number of likely N-dealkylation sites (tertiary alicyclic amines) is 1. The molecule has 8 heteroatoms. The first-order valence-electron chi connectivity index (χ1n) is 13.0. The van der Waals surface area contributed by atoms with Crippen LogP contribution in [0, 0.1) is 41.0 Å². The maximum Gasteiger partial charge on any atom is 0.241 e. The van der Waals surface area contributed by atoms with Crippen LogP contribution in [0.15, 0.2) is 36.4 Å². The fourth-order valence-corrected chi connectivity index (χ4v) is 6.24. The van der Waals surface area contributed by atoms with Gasteiger partial charge in [0.15, 0.2) is 0 Å². The number of nitriles is 2. The number of halogens is 1. The fourth-order valence-electron chi connectivity index (χ4n) is 5.14. The van der Waals surface area contributed by atoms with Gasteiger partial charge in [0.05, 0.1) is 24.1 Å². The fraction of sp³-hybridized carbons (Fsp3) is 0.552. The quantitative estimate of drug-likeness (QED) is 0.286. The SMILES string of the molecule is [C-]#[N+]c1ccc(C(C#N)(CCCN2CCC(N(CCC#N)CCOc3ccc(F)cc3)CC2)C(C)C)s1. The third kappa shape index (κ3) is 7.76. The number of nitrogens with zero attached hydrogens (tertiary/aromatic N) is 5. The van der Waals surface area contributed by atoms with Crippen LogP contribution in [0.2, 0.25) is 0 Å². The van der Waals surface area contributed by atoms with E-state index in [1.54, 1.807) is 12.1 Å². The number of benzene rings is 1. The molecule has 0 aliphatic carbocycles. The lowest BCUT2D eigenvalue weighted by Crippen LogP contribution is -2.46. The third-order valence-corrected chi connectivity index (χ3v) is 8.57. The Morgan fingerprint density at radius 3 is 2.51 bits per heavy atom. The molecule has 2 heterocycles. The van der Waals surface area contributed by atoms with Crippen molar-refractivity contribution in [2.45, 2.75) is 57.4 Å². The Balaban J connectivity index is 1.48. The summed E-state index contributed by atoms with van der Waals surface area (Å²) in [5.41, 5.74) is -0.551. The molecule has 1 unspecified atom stereocenters. The first kappa shape index (κ1) is 28.6. The molecule has 0 spiro atoms. The Labute approximate surface area is 224 Å². The van der Waals surface area contributed by atoms with E-state index in [4.69, 9.17) is 16.6 Å². The van der Waals surface area contributed by atoms with E-state index in [1.165, 1.54) is 23.5 Å². The summed E-state index contributed by atoms with van der Waals surface area (Å²) in [5, 5.41) is 19.9. The summed E-state index contributed by atoms with van der Waals surface area (Å²) in [5.74, 6) is 0.545. The first-order valence-corrected chi connectivity index (χ1v) is 13.8. The van der Waals surface area contributed by atoms with Crippen molar-refractivity contribution in [2.75, 3.05) is 39.3 Å². The van der Waals surface area contributed by atoms with Gasteiger partial charge in [0, 0.05) is 30.4 Å². The predicted molar refractivity (Wildman–Crippen MR) is 145 cm³/mol. The minimum atomic E-state index is -0.551. The minimum Gasteiger partial charge on any atom is -0.492 e. The summed E-state index contributed by atoms with van der Waals surface area (Å²) >= 11 is 1.45. The monoisotopic (exact) mass is 521 g/mol. The minimum absolute atomic E-state index is 0.172. The van der Waals surface area contributed by atoms with Gasteiger partial charge in [-0.15, -0.1) is 0 Å². The summed E-state index contributed by atoms with van der Waals surface area (Å²) < 4.78 is 18.9. The predicted octanol–water partition coefficient (Wildman–Crippen LogP) is 6.39. The summed E-state index contributed by atoms with van der Waals surface area (Å²) in [6.07, 6.45) is 4.28. The van der Waals surface area contributed by atoms with Gasteiger partial charge in [0.2, 0.25) is 5.00 Å². The van der Waals surface area contributed by atoms with Crippen molar-refractivity contribution in [3.05, 3.63) is 58.5 Å². The number of ether oxygens (including phenoxy) is 1. The van der Waals surface area contributed by atoms with Gasteiger partial charge in [-0.25, -0.2) is 9.24 Å². The molecule has 1 atom stereocenters. The van der Waals surface area contributed by atoms with E-state index < -0.39 is 5.41 Å². The van der Waals surface area contributed by atoms with E-state index in [1.807, 2.05) is 12.1 Å². The highest BCUT2D eigenvalue weighted by Crippen LogP contribution is 2.42. The highest BCUT2D eigenvalue weighted by molar-refractivity contribution is 7.16. The second-order valence-electron chi connectivity index (χ2n) is 9.91. The van der Waals surface area contributed by atoms with Gasteiger partial charge < -0.3 is 9.64 Å². The lowest BCUT2D eigenvalue weighted by atomic mass is 9.73. The molecule has 0 amide bonds. The normalized spacial score (nSPS) is 16.2. The third-order valence-electron chi connectivity index (χ3n) is 7.42. The highest BCUT2D eigenvalue weighted by Gasteiger charge is 2.37. The standard InChI is InChI=1S/C29H36FN5OS/c1-23(2)29(22-32,27-10-11-28(33-3)37-27)14-4-16-34-18-12-25(13-19-34)35(17-5-15-31)20-21-36-26-8-6-24(30)7-9-26/h6-11,23,25H,4-5,12-14,16-21H2,1-2H3. The van der Waals surface area contributed by atoms with Crippen LogP contribution in [0.1, 0.15) is 50.8 Å². The van der Waals surface area contributed by atoms with Crippen molar-refractivity contribution in [3.8, 4) is 17.9 Å². The zero-order valence-corrected chi connectivity index (χ0v) is 22.6. The molecule has 6 nitrogen and oxygen atoms in total. The molecule has 3 rings (SSSR count). The van der Waals surface area contributed by atoms with Gasteiger partial charge in [-0.1, -0.05) is 19.9 Å². The van der Waals surface area contributed by atoms with E-state index >= 15 is 0 Å². The van der Waals surface area contributed by atoms with E-state index in [-0.39, 0.29) is 11.7 Å². The lowest BCUT2D eigenvalue weighted by molar-refractivity contribution is 0.0945. The van der Waals surface area contributed by atoms with Crippen molar-refractivity contribution >= 4 is 16.3 Å². The smallest absolute Gasteiger partial charge is 0.241 e. The molecule has 0 bridgehead atoms. The average molecular weight is 522 g/mol. The van der Waals surface area contributed by atoms with Crippen LogP contribution in [-0.4, -0.2) is 55.2 Å². The zero-order valence-electron chi connectivity index (χ0n) is 21.8. The van der Waals surface area contributed by atoms with Crippen LogP contribution in [0.4, 0.5) is 9.39 Å². The van der Waals surface area contributed by atoms with Crippen LogP contribution in [0.3, 0.4) is 0 Å². The van der Waals surface area contributed by atoms with Gasteiger partial charge in [0.25, 0.3) is 0 Å². The van der Waals surface area contributed by atoms with Crippen LogP contribution in [0.5, 0.6) is 5.75 Å². The Kier molecular flexibility index (Phi) is 10.9. The second-order valence-corrected chi connectivity index (χ2v) is 11.0. The molecule has 1 aromatic carbocycles. The van der Waals surface area contributed by atoms with E-state index in [0.29, 0.717) is 29.8 Å². The Hall–Kier alpha value is -2.96. The van der Waals surface area contributed by atoms with Crippen molar-refractivity contribution < 1.29 is 9.13 Å². The maximum absolute atomic E-state index is 13.1. The van der Waals surface area contributed by atoms with Gasteiger partial charge >= 0.3 is 0 Å². The summed E-state index contributed by atoms with van der Waals surface area (Å²) in [7, 11) is 0. The molecule has 2 aromatic rings. The average Bonchev–Trinajstić information content (AvgIpc) is 3.40. The van der Waals surface area contributed by atoms with E-state index in [9.17, 15) is 9.65 Å². The van der Waals surface area contributed by atoms with Gasteiger partial charge in [-0.2, -0.15) is 21.9 Å². The van der Waals surface area contributed by atoms with Crippen LogP contribution >= 0.6 is 11.3 Å². The summed E-state index contributed by atoms with van der Waals surface area (Å²) in [6.45, 7) is 16.4. The Morgan fingerprint density at radius 1 is 1.19 bits per heavy atom. The van der Waals surface area contributed by atoms with Crippen molar-refractivity contribution in [1.29, 1.82) is 10.5 Å². The number of rotatable bonds is 13. The Morgan fingerprint density at radius 2 is 1.92 bits per heavy atom. The van der Waals surface area contributed by atoms with Gasteiger partial charge in [-0.3, -0.25) is 4.90 Å². The highest BCUT2D eigenvalue weighted by atomic mass is 32.1. The number of piperidine rings is 1. The number of hydrogen-bond acceptors (Lipinski definition) is 6. The molecule has 1 aliphatic heterocycles. The largest absolute Gasteiger partial charge is 0.492 e. The molecule has 1 fully saturated rings. The van der Waals surface area contributed by atoms with Crippen LogP contribution < -0.4 is 4.74 Å². The molecular formula is C29H36FN5OS. The Bertz CT molecular complexity index is 1110. The first-order chi connectivity index (χ1) is 17.9. The number of hydrogen-bond donors (Lipinski definition) is 0. The van der Waals surface area contributed by atoms with Crippen molar-refractivity contribution in [3.63, 3.8) is 0 Å². The molecule has 196 valence electrons. The summed E-state index contributed by atoms with van der Waals surface area (Å²) in [4.78, 5) is 9.38. The molecule has 1 aromatic heterocycles. The molecule has 37 heavy (non-hydrogen) atoms. The zero-order chi connectivity index (χ0) is 26.7. The van der Waals surface area contributed by atoms with Gasteiger partial charge in [-0.05, 0) is 81.6 Å². The topological polar surface area (TPSA) is 67.7 Å². The van der Waals surface area contributed by atoms with Crippen molar-refractivity contribution in [2.24, 2.45) is 5.92 Å². The second kappa shape index (κ2) is 14.1. The summed E-state index contributed by atoms with van der Waals surface area (Å²) in [6, 6.07) is 15.1. The van der Waals surface area contributed by atoms with Crippen LogP contribution in [0.25, 0.3) is 4.85 Å². The molecule has 0 radical (unpaired) electrons. The number of thiophene rings is 1. The molecule has 0 saturated carbocycles. The van der Waals surface area contributed by atoms with E-state index in [0.717, 1.165) is 63.3 Å². The van der Waals surface area contributed by atoms with Gasteiger partial charge in [0.1, 0.15) is 18.2 Å². The van der Waals surface area contributed by atoms with Crippen LogP contribution in [-0.2, 0) is 5.41 Å². The molecular weight excluding hydrogens is 485 g/mol. The van der Waals surface area contributed by atoms with Crippen molar-refractivity contribution in [1.82, 2.24) is 9.80 Å². The maximum atomic E-state index is 13.1. The molecule has 1 saturated heterocycles. The van der Waals surface area contributed by atoms with E-state index in [2.05, 4.69) is 40.6 Å². The molecule has 0 N–H and O–H groups in total. The lowest BCUT2D eigenvalue weighted by Gasteiger charge is -2.39. The molecule has 1 aliphatic rings.